The standard InChI is InChI=1S/C14H22N4O2S/c1-9-10(2)21-13(17-9)7-16-14(20)11-3-5-18(6-4-11)8-12(15)19/h11H,3-8H2,1-2H3,(H2,15,19)(H,16,20). The van der Waals surface area contributed by atoms with Crippen LogP contribution in [0, 0.1) is 19.8 Å². The Balaban J connectivity index is 1.76. The molecule has 116 valence electrons. The predicted molar refractivity (Wildman–Crippen MR) is 81.8 cm³/mol. The maximum atomic E-state index is 12.1. The van der Waals surface area contributed by atoms with E-state index < -0.39 is 0 Å². The third-order valence-corrected chi connectivity index (χ3v) is 4.90. The van der Waals surface area contributed by atoms with E-state index in [1.165, 1.54) is 4.88 Å². The molecule has 0 spiro atoms. The molecule has 1 aliphatic heterocycles. The summed E-state index contributed by atoms with van der Waals surface area (Å²) in [6.45, 7) is 6.29. The Morgan fingerprint density at radius 1 is 1.38 bits per heavy atom. The molecular weight excluding hydrogens is 288 g/mol. The van der Waals surface area contributed by atoms with E-state index in [0.29, 0.717) is 6.54 Å². The van der Waals surface area contributed by atoms with Crippen molar-refractivity contribution >= 4 is 23.2 Å². The zero-order valence-corrected chi connectivity index (χ0v) is 13.3. The number of nitrogens with one attached hydrogen (secondary N) is 1. The van der Waals surface area contributed by atoms with Gasteiger partial charge in [-0.25, -0.2) is 4.98 Å². The summed E-state index contributed by atoms with van der Waals surface area (Å²) in [6, 6.07) is 0. The van der Waals surface area contributed by atoms with E-state index in [4.69, 9.17) is 5.73 Å². The van der Waals surface area contributed by atoms with Crippen LogP contribution in [-0.4, -0.2) is 41.3 Å². The smallest absolute Gasteiger partial charge is 0.231 e. The van der Waals surface area contributed by atoms with Crippen molar-refractivity contribution in [3.05, 3.63) is 15.6 Å². The Morgan fingerprint density at radius 2 is 2.05 bits per heavy atom. The molecule has 21 heavy (non-hydrogen) atoms. The molecule has 1 aromatic heterocycles. The van der Waals surface area contributed by atoms with Gasteiger partial charge in [0.1, 0.15) is 5.01 Å². The van der Waals surface area contributed by atoms with Crippen LogP contribution < -0.4 is 11.1 Å². The second kappa shape index (κ2) is 7.00. The van der Waals surface area contributed by atoms with Crippen molar-refractivity contribution < 1.29 is 9.59 Å². The van der Waals surface area contributed by atoms with Crippen LogP contribution in [0.15, 0.2) is 0 Å². The summed E-state index contributed by atoms with van der Waals surface area (Å²) in [6.07, 6.45) is 1.55. The highest BCUT2D eigenvalue weighted by molar-refractivity contribution is 7.11. The number of aryl methyl sites for hydroxylation is 2. The van der Waals surface area contributed by atoms with Crippen molar-refractivity contribution in [2.24, 2.45) is 11.7 Å². The number of aromatic nitrogens is 1. The largest absolute Gasteiger partial charge is 0.369 e. The van der Waals surface area contributed by atoms with Crippen LogP contribution in [-0.2, 0) is 16.1 Å². The lowest BCUT2D eigenvalue weighted by Gasteiger charge is -2.30. The highest BCUT2D eigenvalue weighted by Crippen LogP contribution is 2.19. The molecule has 6 nitrogen and oxygen atoms in total. The van der Waals surface area contributed by atoms with Gasteiger partial charge in [0.25, 0.3) is 0 Å². The van der Waals surface area contributed by atoms with Gasteiger partial charge < -0.3 is 11.1 Å². The Bertz CT molecular complexity index is 502. The highest BCUT2D eigenvalue weighted by Gasteiger charge is 2.25. The number of nitrogens with zero attached hydrogens (tertiary/aromatic N) is 2. The van der Waals surface area contributed by atoms with Crippen LogP contribution >= 0.6 is 11.3 Å². The molecule has 1 fully saturated rings. The van der Waals surface area contributed by atoms with E-state index >= 15 is 0 Å². The Hall–Kier alpha value is -1.47. The molecule has 1 saturated heterocycles. The number of carbonyl (C=O) groups is 2. The molecule has 1 aliphatic rings. The van der Waals surface area contributed by atoms with Crippen LogP contribution in [0.3, 0.4) is 0 Å². The van der Waals surface area contributed by atoms with E-state index in [-0.39, 0.29) is 24.3 Å². The third kappa shape index (κ3) is 4.50. The van der Waals surface area contributed by atoms with Gasteiger partial charge in [0, 0.05) is 10.8 Å². The second-order valence-electron chi connectivity index (χ2n) is 5.48. The number of primary amides is 1. The SMILES string of the molecule is Cc1nc(CNC(=O)C2CCN(CC(N)=O)CC2)sc1C. The monoisotopic (exact) mass is 310 g/mol. The molecular formula is C14H22N4O2S. The molecule has 2 rings (SSSR count). The molecule has 0 saturated carbocycles. The van der Waals surface area contributed by atoms with Gasteiger partial charge in [-0.05, 0) is 39.8 Å². The first-order valence-electron chi connectivity index (χ1n) is 7.17. The summed E-state index contributed by atoms with van der Waals surface area (Å²) in [4.78, 5) is 30.6. The van der Waals surface area contributed by atoms with Crippen LogP contribution in [0.2, 0.25) is 0 Å². The highest BCUT2D eigenvalue weighted by atomic mass is 32.1. The number of thiazole rings is 1. The van der Waals surface area contributed by atoms with E-state index in [2.05, 4.69) is 10.3 Å². The molecule has 0 unspecified atom stereocenters. The summed E-state index contributed by atoms with van der Waals surface area (Å²) in [5.41, 5.74) is 6.21. The van der Waals surface area contributed by atoms with Crippen LogP contribution in [0.1, 0.15) is 28.4 Å². The van der Waals surface area contributed by atoms with Crippen LogP contribution in [0.4, 0.5) is 0 Å². The lowest BCUT2D eigenvalue weighted by Crippen LogP contribution is -2.43. The molecule has 0 radical (unpaired) electrons. The molecule has 0 aromatic carbocycles. The Morgan fingerprint density at radius 3 is 2.57 bits per heavy atom. The van der Waals surface area contributed by atoms with E-state index in [1.807, 2.05) is 18.7 Å². The lowest BCUT2D eigenvalue weighted by molar-refractivity contribution is -0.126. The quantitative estimate of drug-likeness (QED) is 0.832. The average Bonchev–Trinajstić information content (AvgIpc) is 2.75. The van der Waals surface area contributed by atoms with Gasteiger partial charge in [-0.1, -0.05) is 0 Å². The molecule has 7 heteroatoms. The van der Waals surface area contributed by atoms with Gasteiger partial charge in [-0.15, -0.1) is 11.3 Å². The zero-order chi connectivity index (χ0) is 15.4. The van der Waals surface area contributed by atoms with Crippen LogP contribution in [0.5, 0.6) is 0 Å². The number of hydrogen-bond acceptors (Lipinski definition) is 5. The van der Waals surface area contributed by atoms with E-state index in [9.17, 15) is 9.59 Å². The van der Waals surface area contributed by atoms with Crippen molar-refractivity contribution in [3.8, 4) is 0 Å². The molecule has 2 amide bonds. The van der Waals surface area contributed by atoms with Crippen molar-refractivity contribution in [2.45, 2.75) is 33.2 Å². The maximum Gasteiger partial charge on any atom is 0.231 e. The maximum absolute atomic E-state index is 12.1. The topological polar surface area (TPSA) is 88.3 Å². The van der Waals surface area contributed by atoms with Gasteiger partial charge in [0.15, 0.2) is 0 Å². The minimum Gasteiger partial charge on any atom is -0.369 e. The van der Waals surface area contributed by atoms with Crippen molar-refractivity contribution in [1.82, 2.24) is 15.2 Å². The van der Waals surface area contributed by atoms with Gasteiger partial charge in [-0.2, -0.15) is 0 Å². The average molecular weight is 310 g/mol. The van der Waals surface area contributed by atoms with Crippen molar-refractivity contribution in [1.29, 1.82) is 0 Å². The summed E-state index contributed by atoms with van der Waals surface area (Å²) in [7, 11) is 0. The normalized spacial score (nSPS) is 16.9. The fraction of sp³-hybridized carbons (Fsp3) is 0.643. The third-order valence-electron chi connectivity index (χ3n) is 3.82. The number of carbonyl (C=O) groups excluding carboxylic acids is 2. The molecule has 3 N–H and O–H groups in total. The fourth-order valence-electron chi connectivity index (χ4n) is 2.50. The van der Waals surface area contributed by atoms with E-state index in [1.54, 1.807) is 11.3 Å². The number of likely N-dealkylation sites (tertiary alicyclic amines) is 1. The number of rotatable bonds is 5. The van der Waals surface area contributed by atoms with Crippen molar-refractivity contribution in [2.75, 3.05) is 19.6 Å². The minimum absolute atomic E-state index is 0.0243. The molecule has 0 aliphatic carbocycles. The summed E-state index contributed by atoms with van der Waals surface area (Å²) < 4.78 is 0. The number of nitrogens with two attached hydrogens (primary N) is 1. The van der Waals surface area contributed by atoms with Gasteiger partial charge in [-0.3, -0.25) is 14.5 Å². The van der Waals surface area contributed by atoms with Crippen LogP contribution in [0.25, 0.3) is 0 Å². The number of amides is 2. The molecule has 2 heterocycles. The zero-order valence-electron chi connectivity index (χ0n) is 12.5. The Labute approximate surface area is 128 Å². The number of piperidine rings is 1. The first kappa shape index (κ1) is 15.9. The fourth-order valence-corrected chi connectivity index (χ4v) is 3.37. The van der Waals surface area contributed by atoms with Gasteiger partial charge in [0.2, 0.25) is 11.8 Å². The molecule has 0 bridgehead atoms. The molecule has 1 aromatic rings. The molecule has 0 atom stereocenters. The predicted octanol–water partition coefficient (Wildman–Crippen LogP) is 0.573. The number of hydrogen-bond donors (Lipinski definition) is 2. The summed E-state index contributed by atoms with van der Waals surface area (Å²) >= 11 is 1.62. The summed E-state index contributed by atoms with van der Waals surface area (Å²) in [5, 5.41) is 3.91. The Kier molecular flexibility index (Phi) is 5.30. The van der Waals surface area contributed by atoms with Crippen molar-refractivity contribution in [3.63, 3.8) is 0 Å². The second-order valence-corrected chi connectivity index (χ2v) is 6.77. The van der Waals surface area contributed by atoms with Gasteiger partial charge >= 0.3 is 0 Å². The minimum atomic E-state index is -0.313. The first-order valence-corrected chi connectivity index (χ1v) is 7.98. The first-order chi connectivity index (χ1) is 9.95. The summed E-state index contributed by atoms with van der Waals surface area (Å²) in [5.74, 6) is -0.206. The van der Waals surface area contributed by atoms with E-state index in [0.717, 1.165) is 36.6 Å². The van der Waals surface area contributed by atoms with Gasteiger partial charge in [0.05, 0.1) is 18.8 Å². The lowest BCUT2D eigenvalue weighted by atomic mass is 9.96.